The lowest BCUT2D eigenvalue weighted by Gasteiger charge is -2.24. The summed E-state index contributed by atoms with van der Waals surface area (Å²) in [5, 5.41) is 3.37. The van der Waals surface area contributed by atoms with Gasteiger partial charge in [0.1, 0.15) is 0 Å². The Morgan fingerprint density at radius 2 is 2.19 bits per heavy atom. The van der Waals surface area contributed by atoms with E-state index in [0.29, 0.717) is 11.8 Å². The topological polar surface area (TPSA) is 49.4 Å². The maximum absolute atomic E-state index is 12.1. The van der Waals surface area contributed by atoms with E-state index < -0.39 is 10.8 Å². The van der Waals surface area contributed by atoms with Gasteiger partial charge in [0, 0.05) is 41.4 Å². The summed E-state index contributed by atoms with van der Waals surface area (Å²) in [5.41, 5.74) is 0. The van der Waals surface area contributed by atoms with Gasteiger partial charge in [-0.25, -0.2) is 0 Å². The van der Waals surface area contributed by atoms with Gasteiger partial charge in [-0.3, -0.25) is 9.00 Å². The molecule has 2 aliphatic rings. The summed E-state index contributed by atoms with van der Waals surface area (Å²) >= 11 is 0. The van der Waals surface area contributed by atoms with Crippen LogP contribution in [0.5, 0.6) is 0 Å². The molecule has 0 radical (unpaired) electrons. The maximum Gasteiger partial charge on any atom is 0.240 e. The normalized spacial score (nSPS) is 29.5. The van der Waals surface area contributed by atoms with E-state index in [1.54, 1.807) is 6.26 Å². The molecule has 16 heavy (non-hydrogen) atoms. The van der Waals surface area contributed by atoms with Crippen molar-refractivity contribution < 1.29 is 9.00 Å². The predicted octanol–water partition coefficient (Wildman–Crippen LogP) is 0.106. The van der Waals surface area contributed by atoms with Crippen molar-refractivity contribution >= 4 is 16.7 Å². The molecule has 0 aromatic rings. The molecule has 3 atom stereocenters. The van der Waals surface area contributed by atoms with E-state index in [4.69, 9.17) is 0 Å². The van der Waals surface area contributed by atoms with Crippen LogP contribution in [0, 0.1) is 0 Å². The highest BCUT2D eigenvalue weighted by Gasteiger charge is 2.37. The SMILES string of the molecule is CC(CS(C)=O)N1CCC(NC2CC2)C1=O. The van der Waals surface area contributed by atoms with Crippen molar-refractivity contribution in [1.82, 2.24) is 10.2 Å². The Morgan fingerprint density at radius 3 is 2.75 bits per heavy atom. The van der Waals surface area contributed by atoms with Crippen LogP contribution in [0.15, 0.2) is 0 Å². The van der Waals surface area contributed by atoms with Crippen LogP contribution >= 0.6 is 0 Å². The molecule has 3 unspecified atom stereocenters. The molecule has 0 bridgehead atoms. The molecule has 1 N–H and O–H groups in total. The summed E-state index contributed by atoms with van der Waals surface area (Å²) < 4.78 is 11.1. The molecular formula is C11H20N2O2S. The minimum Gasteiger partial charge on any atom is -0.338 e. The Bertz CT molecular complexity index is 304. The summed E-state index contributed by atoms with van der Waals surface area (Å²) in [5.74, 6) is 0.784. The van der Waals surface area contributed by atoms with Crippen molar-refractivity contribution in [1.29, 1.82) is 0 Å². The summed E-state index contributed by atoms with van der Waals surface area (Å²) in [7, 11) is -0.831. The average molecular weight is 244 g/mol. The first kappa shape index (κ1) is 12.0. The van der Waals surface area contributed by atoms with Crippen molar-refractivity contribution in [3.05, 3.63) is 0 Å². The number of rotatable bonds is 5. The van der Waals surface area contributed by atoms with Crippen LogP contribution in [0.25, 0.3) is 0 Å². The highest BCUT2D eigenvalue weighted by atomic mass is 32.2. The number of nitrogens with zero attached hydrogens (tertiary/aromatic N) is 1. The number of likely N-dealkylation sites (tertiary alicyclic amines) is 1. The smallest absolute Gasteiger partial charge is 0.240 e. The molecule has 1 amide bonds. The monoisotopic (exact) mass is 244 g/mol. The van der Waals surface area contributed by atoms with Crippen molar-refractivity contribution in [3.8, 4) is 0 Å². The van der Waals surface area contributed by atoms with Crippen LogP contribution < -0.4 is 5.32 Å². The zero-order chi connectivity index (χ0) is 11.7. The standard InChI is InChI=1S/C11H20N2O2S/c1-8(7-16(2)15)13-6-5-10(11(13)14)12-9-3-4-9/h8-10,12H,3-7H2,1-2H3. The van der Waals surface area contributed by atoms with Gasteiger partial charge in [0.2, 0.25) is 5.91 Å². The zero-order valence-electron chi connectivity index (χ0n) is 9.94. The number of amides is 1. The second-order valence-electron chi connectivity index (χ2n) is 4.90. The van der Waals surface area contributed by atoms with Crippen molar-refractivity contribution in [2.24, 2.45) is 0 Å². The number of hydrogen-bond acceptors (Lipinski definition) is 3. The molecule has 4 nitrogen and oxygen atoms in total. The first-order valence-electron chi connectivity index (χ1n) is 5.94. The van der Waals surface area contributed by atoms with Gasteiger partial charge in [0.25, 0.3) is 0 Å². The van der Waals surface area contributed by atoms with Crippen molar-refractivity contribution in [3.63, 3.8) is 0 Å². The zero-order valence-corrected chi connectivity index (χ0v) is 10.8. The van der Waals surface area contributed by atoms with Gasteiger partial charge >= 0.3 is 0 Å². The lowest BCUT2D eigenvalue weighted by molar-refractivity contribution is -0.130. The number of carbonyl (C=O) groups excluding carboxylic acids is 1. The van der Waals surface area contributed by atoms with Gasteiger partial charge < -0.3 is 10.2 Å². The minimum atomic E-state index is -0.831. The molecule has 0 spiro atoms. The van der Waals surface area contributed by atoms with Gasteiger partial charge in [0.05, 0.1) is 6.04 Å². The Labute approximate surface area is 99.2 Å². The van der Waals surface area contributed by atoms with Crippen molar-refractivity contribution in [2.45, 2.75) is 44.3 Å². The van der Waals surface area contributed by atoms with E-state index in [1.165, 1.54) is 12.8 Å². The Hall–Kier alpha value is -0.420. The van der Waals surface area contributed by atoms with Crippen LogP contribution in [-0.2, 0) is 15.6 Å². The molecule has 0 aromatic carbocycles. The van der Waals surface area contributed by atoms with Gasteiger partial charge in [0.15, 0.2) is 0 Å². The molecule has 1 aliphatic heterocycles. The maximum atomic E-state index is 12.1. The van der Waals surface area contributed by atoms with Crippen LogP contribution in [0.4, 0.5) is 0 Å². The fourth-order valence-electron chi connectivity index (χ4n) is 2.26. The first-order chi connectivity index (χ1) is 7.58. The Morgan fingerprint density at radius 1 is 1.50 bits per heavy atom. The van der Waals surface area contributed by atoms with E-state index in [0.717, 1.165) is 13.0 Å². The third-order valence-corrected chi connectivity index (χ3v) is 4.21. The predicted molar refractivity (Wildman–Crippen MR) is 64.7 cm³/mol. The molecule has 2 fully saturated rings. The van der Waals surface area contributed by atoms with Crippen LogP contribution in [0.1, 0.15) is 26.2 Å². The first-order valence-corrected chi connectivity index (χ1v) is 7.67. The Balaban J connectivity index is 1.87. The Kier molecular flexibility index (Phi) is 3.64. The van der Waals surface area contributed by atoms with Crippen LogP contribution in [-0.4, -0.2) is 51.7 Å². The fourth-order valence-corrected chi connectivity index (χ4v) is 3.12. The largest absolute Gasteiger partial charge is 0.338 e. The molecule has 2 rings (SSSR count). The van der Waals surface area contributed by atoms with Crippen LogP contribution in [0.3, 0.4) is 0 Å². The summed E-state index contributed by atoms with van der Waals surface area (Å²) in [6.45, 7) is 2.79. The highest BCUT2D eigenvalue weighted by Crippen LogP contribution is 2.23. The number of carbonyl (C=O) groups is 1. The number of hydrogen-bond donors (Lipinski definition) is 1. The van der Waals surface area contributed by atoms with E-state index in [9.17, 15) is 9.00 Å². The third kappa shape index (κ3) is 2.83. The van der Waals surface area contributed by atoms with Gasteiger partial charge in [-0.15, -0.1) is 0 Å². The molecule has 1 aliphatic carbocycles. The summed E-state index contributed by atoms with van der Waals surface area (Å²) in [4.78, 5) is 13.9. The molecular weight excluding hydrogens is 224 g/mol. The van der Waals surface area contributed by atoms with Gasteiger partial charge in [-0.2, -0.15) is 0 Å². The lowest BCUT2D eigenvalue weighted by Crippen LogP contribution is -2.44. The fraction of sp³-hybridized carbons (Fsp3) is 0.909. The second kappa shape index (κ2) is 4.84. The van der Waals surface area contributed by atoms with E-state index >= 15 is 0 Å². The quantitative estimate of drug-likeness (QED) is 0.746. The van der Waals surface area contributed by atoms with Gasteiger partial charge in [-0.1, -0.05) is 0 Å². The van der Waals surface area contributed by atoms with E-state index in [2.05, 4.69) is 5.32 Å². The molecule has 5 heteroatoms. The average Bonchev–Trinajstić information content (AvgIpc) is 2.91. The third-order valence-electron chi connectivity index (χ3n) is 3.26. The molecule has 1 saturated carbocycles. The summed E-state index contributed by atoms with van der Waals surface area (Å²) in [6, 6.07) is 0.689. The van der Waals surface area contributed by atoms with Crippen LogP contribution in [0.2, 0.25) is 0 Å². The number of nitrogens with one attached hydrogen (secondary N) is 1. The van der Waals surface area contributed by atoms with Gasteiger partial charge in [-0.05, 0) is 26.2 Å². The molecule has 0 aromatic heterocycles. The molecule has 1 heterocycles. The molecule has 92 valence electrons. The van der Waals surface area contributed by atoms with E-state index in [1.807, 2.05) is 11.8 Å². The summed E-state index contributed by atoms with van der Waals surface area (Å²) in [6.07, 6.45) is 5.00. The van der Waals surface area contributed by atoms with E-state index in [-0.39, 0.29) is 18.0 Å². The lowest BCUT2D eigenvalue weighted by atomic mass is 10.2. The molecule has 1 saturated heterocycles. The highest BCUT2D eigenvalue weighted by molar-refractivity contribution is 7.84. The van der Waals surface area contributed by atoms with Crippen molar-refractivity contribution in [2.75, 3.05) is 18.6 Å². The second-order valence-corrected chi connectivity index (χ2v) is 6.38. The minimum absolute atomic E-state index is 0.0141.